The first-order chi connectivity index (χ1) is 49.7. The van der Waals surface area contributed by atoms with Crippen LogP contribution in [0.2, 0.25) is 19.6 Å². The van der Waals surface area contributed by atoms with Crippen molar-refractivity contribution in [3.63, 3.8) is 0 Å². The van der Waals surface area contributed by atoms with Crippen molar-refractivity contribution in [2.24, 2.45) is 0 Å². The van der Waals surface area contributed by atoms with Gasteiger partial charge in [-0.05, 0) is 101 Å². The molecule has 3 N–H and O–H groups in total. The van der Waals surface area contributed by atoms with Crippen molar-refractivity contribution in [1.29, 1.82) is 0 Å². The molecular formula is C66H59F15N10O15Si. The lowest BCUT2D eigenvalue weighted by Crippen LogP contribution is -2.46. The molecule has 5 fully saturated rings. The van der Waals surface area contributed by atoms with E-state index in [1.54, 1.807) is 6.92 Å². The summed E-state index contributed by atoms with van der Waals surface area (Å²) in [7, 11) is -0.592. The van der Waals surface area contributed by atoms with Crippen molar-refractivity contribution in [3.05, 3.63) is 176 Å². The van der Waals surface area contributed by atoms with E-state index < -0.39 is 181 Å². The fourth-order valence-corrected chi connectivity index (χ4v) is 11.9. The van der Waals surface area contributed by atoms with Gasteiger partial charge in [-0.3, -0.25) is 19.6 Å². The van der Waals surface area contributed by atoms with Crippen LogP contribution in [0, 0.1) is 32.9 Å². The summed E-state index contributed by atoms with van der Waals surface area (Å²) in [5.41, 5.74) is -8.41. The highest BCUT2D eigenvalue weighted by Crippen LogP contribution is 2.46. The second kappa shape index (κ2) is 34.0. The Morgan fingerprint density at radius 3 is 0.925 bits per heavy atom. The fraction of sp³-hybridized carbons (Fsp3) is 0.394. The second-order valence-corrected chi connectivity index (χ2v) is 28.4. The summed E-state index contributed by atoms with van der Waals surface area (Å²) in [6.07, 6.45) is -30.6. The SMILES string of the molecule is [C-]#[N+]c1ccc(N2C(=O)OC[C@@H]2C(C)O[Si](C)(C)C)cc1C(F)(F)F.[C-]#[N+]c1ccc(N2C(=O)OC[C@@H]2CO)cc1C(F)(F)F.[C-]#[N+]c1ccc(N2C(=O)OC[C@@H]2OC)cc1C(F)(F)F.[C-]#[N+]c1ccc(N2C(=O)OC[C@@H]2[C@@H](C)O)cc1C(F)(F)F.[C-]#[N+]c1ccc(N2C(=O)OC[C@@H]2[C@H](C)O)cc1C(F)(F)F. The Labute approximate surface area is 599 Å². The summed E-state index contributed by atoms with van der Waals surface area (Å²) in [4.78, 5) is 77.7. The van der Waals surface area contributed by atoms with E-state index in [2.05, 4.69) is 24.2 Å². The lowest BCUT2D eigenvalue weighted by Gasteiger charge is -2.31. The zero-order valence-corrected chi connectivity index (χ0v) is 57.4. The van der Waals surface area contributed by atoms with Crippen LogP contribution in [-0.2, 0) is 63.7 Å². The van der Waals surface area contributed by atoms with Crippen LogP contribution in [0.15, 0.2) is 91.0 Å². The number of hydrogen-bond acceptors (Lipinski definition) is 15. The molecule has 0 saturated carbocycles. The van der Waals surface area contributed by atoms with Crippen molar-refractivity contribution in [3.8, 4) is 0 Å². The third kappa shape index (κ3) is 20.5. The fourth-order valence-electron chi connectivity index (χ4n) is 10.6. The van der Waals surface area contributed by atoms with Gasteiger partial charge >= 0.3 is 61.3 Å². The Hall–Kier alpha value is -11.1. The summed E-state index contributed by atoms with van der Waals surface area (Å²) in [5.74, 6) is 0. The topological polar surface area (TPSA) is 249 Å². The molecule has 0 aliphatic carbocycles. The van der Waals surface area contributed by atoms with Crippen molar-refractivity contribution in [1.82, 2.24) is 0 Å². The van der Waals surface area contributed by atoms with Crippen LogP contribution >= 0.6 is 0 Å². The Morgan fingerprint density at radius 2 is 0.664 bits per heavy atom. The normalized spacial score (nSPS) is 19.5. The maximum Gasteiger partial charge on any atom is 0.416 e. The number of anilines is 5. The maximum atomic E-state index is 13.2. The number of hydrogen-bond donors (Lipinski definition) is 3. The van der Waals surface area contributed by atoms with Gasteiger partial charge in [-0.25, -0.2) is 53.1 Å². The molecule has 8 atom stereocenters. The van der Waals surface area contributed by atoms with Crippen LogP contribution in [0.5, 0.6) is 0 Å². The van der Waals surface area contributed by atoms with Gasteiger partial charge in [0.25, 0.3) is 0 Å². The average molecular weight is 1550 g/mol. The smallest absolute Gasteiger partial charge is 0.416 e. The lowest BCUT2D eigenvalue weighted by atomic mass is 10.1. The summed E-state index contributed by atoms with van der Waals surface area (Å²) in [6.45, 7) is 43.7. The predicted molar refractivity (Wildman–Crippen MR) is 348 cm³/mol. The number of ether oxygens (including phenoxy) is 6. The molecule has 10 rings (SSSR count). The van der Waals surface area contributed by atoms with E-state index in [1.807, 2.05) is 19.6 Å². The molecule has 1 unspecified atom stereocenters. The van der Waals surface area contributed by atoms with Crippen LogP contribution in [0.3, 0.4) is 0 Å². The van der Waals surface area contributed by atoms with E-state index in [4.69, 9.17) is 70.8 Å². The van der Waals surface area contributed by atoms with Gasteiger partial charge in [-0.1, -0.05) is 30.3 Å². The summed E-state index contributed by atoms with van der Waals surface area (Å²) in [5, 5.41) is 28.3. The molecule has 5 saturated heterocycles. The number of nitrogens with zero attached hydrogens (tertiary/aromatic N) is 10. The van der Waals surface area contributed by atoms with Gasteiger partial charge < -0.3 is 48.2 Å². The lowest BCUT2D eigenvalue weighted by molar-refractivity contribution is -0.137. The minimum Gasteiger partial charge on any atom is -0.447 e. The first-order valence-corrected chi connectivity index (χ1v) is 34.0. The van der Waals surface area contributed by atoms with Gasteiger partial charge in [0.1, 0.15) is 45.1 Å². The van der Waals surface area contributed by atoms with E-state index in [9.17, 15) is 100 Å². The summed E-state index contributed by atoms with van der Waals surface area (Å²) >= 11 is 0. The highest BCUT2D eigenvalue weighted by Gasteiger charge is 2.46. The Bertz CT molecular complexity index is 4140. The molecule has 5 aromatic rings. The minimum absolute atomic E-state index is 0.0286. The second-order valence-electron chi connectivity index (χ2n) is 23.9. The number of methoxy groups -OCH3 is 1. The third-order valence-corrected chi connectivity index (χ3v) is 16.7. The van der Waals surface area contributed by atoms with Crippen LogP contribution in [0.4, 0.5) is 147 Å². The number of alkyl halides is 15. The van der Waals surface area contributed by atoms with Gasteiger partial charge in [0.05, 0.1) is 97.7 Å². The van der Waals surface area contributed by atoms with E-state index in [0.717, 1.165) is 74.2 Å². The molecule has 41 heteroatoms. The average Bonchev–Trinajstić information content (AvgIpc) is 1.75. The van der Waals surface area contributed by atoms with E-state index in [0.29, 0.717) is 6.07 Å². The van der Waals surface area contributed by atoms with Gasteiger partial charge in [-0.15, -0.1) is 0 Å². The molecule has 5 heterocycles. The maximum absolute atomic E-state index is 13.2. The highest BCUT2D eigenvalue weighted by molar-refractivity contribution is 6.69. The Kier molecular flexibility index (Phi) is 26.9. The predicted octanol–water partition coefficient (Wildman–Crippen LogP) is 16.5. The molecule has 25 nitrogen and oxygen atoms in total. The van der Waals surface area contributed by atoms with Crippen molar-refractivity contribution >= 4 is 95.7 Å². The van der Waals surface area contributed by atoms with E-state index in [1.165, 1.54) is 56.2 Å². The molecule has 5 aromatic carbocycles. The molecule has 0 bridgehead atoms. The number of benzene rings is 5. The number of carbonyl (C=O) groups is 5. The molecule has 5 aliphatic rings. The molecule has 5 amide bonds. The Balaban J connectivity index is 0.000000210. The zero-order valence-electron chi connectivity index (χ0n) is 56.4. The molecule has 107 heavy (non-hydrogen) atoms. The number of cyclic esters (lactones) is 5. The van der Waals surface area contributed by atoms with Crippen molar-refractivity contribution in [2.45, 2.75) is 120 Å². The standard InChI is InChI=1S/C16H19F3N2O3Si.2C13H11F3N2O3.2C12H9F3N2O3/c1-10(24-25(3,4)5)14-9-23-15(22)21(14)11-6-7-13(20-2)12(8-11)16(17,18)19;2*1-7(19)11-6-21-12(20)18(11)8-3-4-10(17-2)9(5-8)13(14,15)16;1-16-9-4-3-7(5-8(9)12(13,14)15)17-10(19-2)6-20-11(17)18;1-16-10-3-2-7(4-9(10)12(13,14)15)17-8(5-18)6-20-11(17)19/h6-8,10,14H,9H2,1,3-5H3;2*3-5,7,11,19H,6H2,1H3;3-5,10H,6H2,2H3;2-4,8,18H,5-6H2/t10?,14-;7-,11+;7-,11-;10-;8-/m10100/s1. The van der Waals surface area contributed by atoms with Gasteiger partial charge in [0, 0.05) is 35.5 Å². The Morgan fingerprint density at radius 1 is 0.421 bits per heavy atom. The summed E-state index contributed by atoms with van der Waals surface area (Å²) < 4.78 is 229. The van der Waals surface area contributed by atoms with Crippen LogP contribution in [0.1, 0.15) is 48.6 Å². The first kappa shape index (κ1) is 84.8. The van der Waals surface area contributed by atoms with Crippen molar-refractivity contribution < 1.29 is 138 Å². The van der Waals surface area contributed by atoms with Gasteiger partial charge in [0.2, 0.25) is 0 Å². The molecule has 0 spiro atoms. The first-order valence-electron chi connectivity index (χ1n) is 30.6. The number of carbonyl (C=O) groups excluding carboxylic acids is 5. The van der Waals surface area contributed by atoms with E-state index >= 15 is 0 Å². The van der Waals surface area contributed by atoms with Crippen molar-refractivity contribution in [2.75, 3.05) is 71.3 Å². The number of aliphatic hydroxyl groups is 3. The highest BCUT2D eigenvalue weighted by atomic mass is 28.4. The number of halogens is 15. The molecule has 5 aliphatic heterocycles. The molecule has 572 valence electrons. The quantitative estimate of drug-likeness (QED) is 0.0455. The minimum atomic E-state index is -4.71. The number of amides is 5. The monoisotopic (exact) mass is 1540 g/mol. The van der Waals surface area contributed by atoms with Crippen LogP contribution in [-0.4, -0.2) is 150 Å². The summed E-state index contributed by atoms with van der Waals surface area (Å²) in [6, 6.07) is 12.2. The third-order valence-electron chi connectivity index (χ3n) is 15.6. The van der Waals surface area contributed by atoms with Crippen LogP contribution < -0.4 is 24.5 Å². The molecular weight excluding hydrogens is 1490 g/mol. The van der Waals surface area contributed by atoms with Gasteiger partial charge in [0.15, 0.2) is 43.0 Å². The van der Waals surface area contributed by atoms with E-state index in [-0.39, 0.29) is 61.5 Å². The number of aliphatic hydroxyl groups excluding tert-OH is 3. The van der Waals surface area contributed by atoms with Gasteiger partial charge in [-0.2, -0.15) is 65.9 Å². The zero-order chi connectivity index (χ0) is 80.4. The molecule has 0 aromatic heterocycles. The molecule has 0 radical (unpaired) electrons. The largest absolute Gasteiger partial charge is 0.447 e. The van der Waals surface area contributed by atoms with Crippen LogP contribution in [0.25, 0.3) is 24.2 Å². The number of rotatable bonds is 12.